The molecule has 0 aliphatic heterocycles. The van der Waals surface area contributed by atoms with Crippen LogP contribution in [0.5, 0.6) is 0 Å². The highest BCUT2D eigenvalue weighted by Gasteiger charge is 2.20. The number of amides is 2. The minimum Gasteiger partial charge on any atom is -0.366 e. The molecule has 0 heterocycles. The maximum absolute atomic E-state index is 12.7. The van der Waals surface area contributed by atoms with Gasteiger partial charge in [-0.25, -0.2) is 0 Å². The summed E-state index contributed by atoms with van der Waals surface area (Å²) < 4.78 is 0. The number of nitrogens with one attached hydrogen (secondary N) is 1. The van der Waals surface area contributed by atoms with E-state index in [1.54, 1.807) is 18.2 Å². The van der Waals surface area contributed by atoms with E-state index in [0.717, 1.165) is 24.0 Å². The smallest absolute Gasteiger partial charge is 0.248 e. The Balaban J connectivity index is 0.00000466. The molecule has 2 amide bonds. The number of nitrogens with zero attached hydrogens (tertiary/aromatic N) is 1. The van der Waals surface area contributed by atoms with E-state index in [-0.39, 0.29) is 17.9 Å². The maximum atomic E-state index is 12.7. The lowest BCUT2D eigenvalue weighted by atomic mass is 9.87. The van der Waals surface area contributed by atoms with Gasteiger partial charge in [0.25, 0.3) is 0 Å². The Morgan fingerprint density at radius 1 is 1.12 bits per heavy atom. The van der Waals surface area contributed by atoms with Crippen molar-refractivity contribution < 1.29 is 9.59 Å². The summed E-state index contributed by atoms with van der Waals surface area (Å²) in [5.41, 5.74) is 7.94. The molecule has 1 rings (SSSR count). The number of primary amides is 1. The van der Waals surface area contributed by atoms with E-state index < -0.39 is 5.91 Å². The predicted molar refractivity (Wildman–Crippen MR) is 137 cm³/mol. The van der Waals surface area contributed by atoms with E-state index in [1.807, 2.05) is 52.2 Å². The topological polar surface area (TPSA) is 75.4 Å². The number of benzene rings is 1. The quantitative estimate of drug-likeness (QED) is 0.434. The lowest BCUT2D eigenvalue weighted by Crippen LogP contribution is -2.42. The molecule has 0 radical (unpaired) electrons. The van der Waals surface area contributed by atoms with Crippen molar-refractivity contribution in [1.29, 1.82) is 0 Å². The largest absolute Gasteiger partial charge is 0.366 e. The molecule has 2 atom stereocenters. The standard InChI is InChI=1S/C25H37N3O2.C2H6/c1-7-9-20(8-2)22(14-18(3)4)16-24(29)27-17-23(28(5)6)15-19-10-12-21(13-11-19)25(26)30;1-2/h7-13,18,22-23H,1-2,14-17H2,3-6H3,(H2,26,30)(H,27,29);1-2H3/b20-9+;. The van der Waals surface area contributed by atoms with Crippen molar-refractivity contribution >= 4 is 11.8 Å². The van der Waals surface area contributed by atoms with Crippen LogP contribution < -0.4 is 11.1 Å². The molecule has 1 aromatic carbocycles. The van der Waals surface area contributed by atoms with Gasteiger partial charge in [-0.15, -0.1) is 0 Å². The Labute approximate surface area is 195 Å². The average molecular weight is 442 g/mol. The third-order valence-corrected chi connectivity index (χ3v) is 5.18. The van der Waals surface area contributed by atoms with Crippen molar-refractivity contribution in [2.45, 2.75) is 53.0 Å². The van der Waals surface area contributed by atoms with Gasteiger partial charge in [0.1, 0.15) is 0 Å². The molecule has 3 N–H and O–H groups in total. The summed E-state index contributed by atoms with van der Waals surface area (Å²) in [5.74, 6) is 0.209. The van der Waals surface area contributed by atoms with Crippen molar-refractivity contribution in [2.75, 3.05) is 20.6 Å². The van der Waals surface area contributed by atoms with Gasteiger partial charge in [-0.1, -0.05) is 71.2 Å². The number of hydrogen-bond donors (Lipinski definition) is 2. The third kappa shape index (κ3) is 11.1. The van der Waals surface area contributed by atoms with Gasteiger partial charge in [0, 0.05) is 24.6 Å². The zero-order valence-electron chi connectivity index (χ0n) is 20.9. The van der Waals surface area contributed by atoms with Gasteiger partial charge in [-0.2, -0.15) is 0 Å². The number of hydrogen-bond acceptors (Lipinski definition) is 3. The first-order valence-electron chi connectivity index (χ1n) is 11.4. The van der Waals surface area contributed by atoms with Crippen LogP contribution in [0.1, 0.15) is 56.5 Å². The number of rotatable bonds is 13. The molecule has 0 saturated heterocycles. The first-order chi connectivity index (χ1) is 15.2. The molecule has 5 nitrogen and oxygen atoms in total. The Kier molecular flexibility index (Phi) is 14.7. The summed E-state index contributed by atoms with van der Waals surface area (Å²) in [4.78, 5) is 26.0. The lowest BCUT2D eigenvalue weighted by molar-refractivity contribution is -0.122. The summed E-state index contributed by atoms with van der Waals surface area (Å²) in [5, 5.41) is 3.10. The fourth-order valence-electron chi connectivity index (χ4n) is 3.46. The first-order valence-corrected chi connectivity index (χ1v) is 11.4. The molecule has 32 heavy (non-hydrogen) atoms. The molecule has 0 aromatic heterocycles. The van der Waals surface area contributed by atoms with Crippen molar-refractivity contribution in [2.24, 2.45) is 17.6 Å². The van der Waals surface area contributed by atoms with E-state index in [0.29, 0.717) is 24.4 Å². The third-order valence-electron chi connectivity index (χ3n) is 5.18. The van der Waals surface area contributed by atoms with Crippen LogP contribution in [0.4, 0.5) is 0 Å². The monoisotopic (exact) mass is 441 g/mol. The molecular formula is C27H43N3O2. The van der Waals surface area contributed by atoms with Crippen molar-refractivity contribution in [1.82, 2.24) is 10.2 Å². The minimum atomic E-state index is -0.432. The molecule has 0 aliphatic carbocycles. The second-order valence-electron chi connectivity index (χ2n) is 8.32. The second-order valence-corrected chi connectivity index (χ2v) is 8.32. The molecule has 5 heteroatoms. The summed E-state index contributed by atoms with van der Waals surface area (Å²) >= 11 is 0. The molecule has 0 saturated carbocycles. The molecular weight excluding hydrogens is 398 g/mol. The summed E-state index contributed by atoms with van der Waals surface area (Å²) in [7, 11) is 4.00. The van der Waals surface area contributed by atoms with Gasteiger partial charge in [0.2, 0.25) is 11.8 Å². The molecule has 0 spiro atoms. The van der Waals surface area contributed by atoms with Gasteiger partial charge in [-0.05, 0) is 62.0 Å². The van der Waals surface area contributed by atoms with E-state index in [2.05, 4.69) is 37.2 Å². The molecule has 1 aromatic rings. The van der Waals surface area contributed by atoms with Crippen molar-refractivity contribution in [3.05, 3.63) is 72.4 Å². The van der Waals surface area contributed by atoms with Gasteiger partial charge in [-0.3, -0.25) is 9.59 Å². The normalized spacial score (nSPS) is 13.1. The fourth-order valence-corrected chi connectivity index (χ4v) is 3.46. The summed E-state index contributed by atoms with van der Waals surface area (Å²) in [6.45, 7) is 16.5. The zero-order valence-corrected chi connectivity index (χ0v) is 20.9. The van der Waals surface area contributed by atoms with Crippen LogP contribution in [0.25, 0.3) is 0 Å². The van der Waals surface area contributed by atoms with E-state index in [1.165, 1.54) is 0 Å². The van der Waals surface area contributed by atoms with Crippen LogP contribution in [0.3, 0.4) is 0 Å². The van der Waals surface area contributed by atoms with Crippen LogP contribution in [0.2, 0.25) is 0 Å². The lowest BCUT2D eigenvalue weighted by Gasteiger charge is -2.26. The zero-order chi connectivity index (χ0) is 24.7. The van der Waals surface area contributed by atoms with E-state index in [9.17, 15) is 9.59 Å². The Hall–Kier alpha value is -2.66. The Morgan fingerprint density at radius 2 is 1.72 bits per heavy atom. The van der Waals surface area contributed by atoms with E-state index in [4.69, 9.17) is 5.73 Å². The highest BCUT2D eigenvalue weighted by molar-refractivity contribution is 5.92. The van der Waals surface area contributed by atoms with Crippen LogP contribution in [-0.4, -0.2) is 43.4 Å². The summed E-state index contributed by atoms with van der Waals surface area (Å²) in [6.07, 6.45) is 7.61. The van der Waals surface area contributed by atoms with Gasteiger partial charge in [0.05, 0.1) is 0 Å². The number of nitrogens with two attached hydrogens (primary N) is 1. The molecule has 0 bridgehead atoms. The van der Waals surface area contributed by atoms with E-state index >= 15 is 0 Å². The fraction of sp³-hybridized carbons (Fsp3) is 0.481. The molecule has 0 aliphatic rings. The SMILES string of the molecule is C=C/C=C(\C=C)C(CC(=O)NCC(Cc1ccc(C(N)=O)cc1)N(C)C)CC(C)C.CC. The van der Waals surface area contributed by atoms with Crippen LogP contribution >= 0.6 is 0 Å². The number of carbonyl (C=O) groups excluding carboxylic acids is 2. The molecule has 178 valence electrons. The molecule has 2 unspecified atom stereocenters. The minimum absolute atomic E-state index is 0.0355. The summed E-state index contributed by atoms with van der Waals surface area (Å²) in [6, 6.07) is 7.44. The number of likely N-dealkylation sites (N-methyl/N-ethyl adjacent to an activating group) is 1. The Bertz CT molecular complexity index is 749. The average Bonchev–Trinajstić information content (AvgIpc) is 2.75. The first kappa shape index (κ1) is 29.3. The van der Waals surface area contributed by atoms with Crippen molar-refractivity contribution in [3.8, 4) is 0 Å². The van der Waals surface area contributed by atoms with Gasteiger partial charge in [0.15, 0.2) is 0 Å². The highest BCUT2D eigenvalue weighted by Crippen LogP contribution is 2.24. The number of allylic oxidation sites excluding steroid dienone is 4. The Morgan fingerprint density at radius 3 is 2.16 bits per heavy atom. The van der Waals surface area contributed by atoms with Gasteiger partial charge >= 0.3 is 0 Å². The van der Waals surface area contributed by atoms with Gasteiger partial charge < -0.3 is 16.0 Å². The van der Waals surface area contributed by atoms with Crippen LogP contribution in [-0.2, 0) is 11.2 Å². The van der Waals surface area contributed by atoms with Crippen LogP contribution in [0, 0.1) is 11.8 Å². The van der Waals surface area contributed by atoms with Crippen molar-refractivity contribution in [3.63, 3.8) is 0 Å². The maximum Gasteiger partial charge on any atom is 0.248 e. The second kappa shape index (κ2) is 16.0. The number of carbonyl (C=O) groups is 2. The molecule has 0 fully saturated rings. The van der Waals surface area contributed by atoms with Crippen LogP contribution in [0.15, 0.2) is 61.2 Å². The predicted octanol–water partition coefficient (Wildman–Crippen LogP) is 4.75. The highest BCUT2D eigenvalue weighted by atomic mass is 16.1.